The fourth-order valence-corrected chi connectivity index (χ4v) is 2.09. The van der Waals surface area contributed by atoms with Crippen LogP contribution in [0.15, 0.2) is 11.2 Å². The third kappa shape index (κ3) is 1.78. The van der Waals surface area contributed by atoms with E-state index in [4.69, 9.17) is 10.7 Å². The lowest BCUT2D eigenvalue weighted by Crippen LogP contribution is -1.96. The summed E-state index contributed by atoms with van der Waals surface area (Å²) in [6, 6.07) is 0. The minimum atomic E-state index is -3.68. The molecule has 12 heavy (non-hydrogen) atoms. The third-order valence-corrected chi connectivity index (χ3v) is 2.72. The molecule has 1 aromatic heterocycles. The summed E-state index contributed by atoms with van der Waals surface area (Å²) in [5, 5.41) is 3.72. The fourth-order valence-electron chi connectivity index (χ4n) is 0.965. The zero-order valence-corrected chi connectivity index (χ0v) is 8.35. The van der Waals surface area contributed by atoms with Gasteiger partial charge in [-0.05, 0) is 6.42 Å². The Morgan fingerprint density at radius 2 is 2.25 bits per heavy atom. The molecule has 0 radical (unpaired) electrons. The molecule has 0 atom stereocenters. The van der Waals surface area contributed by atoms with Crippen molar-refractivity contribution in [3.05, 3.63) is 11.8 Å². The number of hydrogen-bond donors (Lipinski definition) is 0. The molecule has 0 saturated carbocycles. The molecule has 68 valence electrons. The molecule has 1 aromatic rings. The van der Waals surface area contributed by atoms with Crippen molar-refractivity contribution >= 4 is 19.7 Å². The zero-order valence-electron chi connectivity index (χ0n) is 6.78. The smallest absolute Gasteiger partial charge is 0.274 e. The Kier molecular flexibility index (Phi) is 2.44. The molecule has 1 rings (SSSR count). The standard InChI is InChI=1S/C6H9ClN2O2S/c1-3-5-4-9(2)8-6(5)12(7,10)11/h4H,3H2,1-2H3. The molecule has 0 aliphatic carbocycles. The van der Waals surface area contributed by atoms with Crippen LogP contribution in [0.25, 0.3) is 0 Å². The maximum atomic E-state index is 10.9. The Bertz CT molecular complexity index is 382. The van der Waals surface area contributed by atoms with Gasteiger partial charge in [0.1, 0.15) is 0 Å². The van der Waals surface area contributed by atoms with E-state index in [1.54, 1.807) is 13.2 Å². The number of halogens is 1. The van der Waals surface area contributed by atoms with Crippen LogP contribution in [0, 0.1) is 0 Å². The van der Waals surface area contributed by atoms with Crippen molar-refractivity contribution in [2.24, 2.45) is 7.05 Å². The van der Waals surface area contributed by atoms with E-state index in [1.807, 2.05) is 6.92 Å². The molecule has 0 aromatic carbocycles. The average Bonchev–Trinajstić information content (AvgIpc) is 2.29. The third-order valence-electron chi connectivity index (χ3n) is 1.48. The Morgan fingerprint density at radius 3 is 2.58 bits per heavy atom. The van der Waals surface area contributed by atoms with Gasteiger partial charge >= 0.3 is 0 Å². The van der Waals surface area contributed by atoms with E-state index in [9.17, 15) is 8.42 Å². The van der Waals surface area contributed by atoms with Crippen molar-refractivity contribution in [2.45, 2.75) is 18.4 Å². The van der Waals surface area contributed by atoms with Crippen LogP contribution in [0.5, 0.6) is 0 Å². The summed E-state index contributed by atoms with van der Waals surface area (Å²) in [5.74, 6) is 0. The SMILES string of the molecule is CCc1cn(C)nc1S(=O)(=O)Cl. The van der Waals surface area contributed by atoms with E-state index in [0.29, 0.717) is 12.0 Å². The van der Waals surface area contributed by atoms with Gasteiger partial charge in [-0.3, -0.25) is 4.68 Å². The van der Waals surface area contributed by atoms with Gasteiger partial charge in [-0.1, -0.05) is 6.92 Å². The van der Waals surface area contributed by atoms with E-state index in [2.05, 4.69) is 5.10 Å². The highest BCUT2D eigenvalue weighted by Gasteiger charge is 2.18. The summed E-state index contributed by atoms with van der Waals surface area (Å²) in [7, 11) is 3.13. The Hall–Kier alpha value is -0.550. The lowest BCUT2D eigenvalue weighted by Gasteiger charge is -1.91. The van der Waals surface area contributed by atoms with Crippen LogP contribution in [0.4, 0.5) is 0 Å². The van der Waals surface area contributed by atoms with Crippen molar-refractivity contribution in [3.63, 3.8) is 0 Å². The first-order valence-electron chi connectivity index (χ1n) is 3.42. The summed E-state index contributed by atoms with van der Waals surface area (Å²) in [6.07, 6.45) is 2.25. The maximum absolute atomic E-state index is 10.9. The highest BCUT2D eigenvalue weighted by molar-refractivity contribution is 8.13. The predicted molar refractivity (Wildman–Crippen MR) is 45.6 cm³/mol. The normalized spacial score (nSPS) is 11.9. The Balaban J connectivity index is 3.33. The molecule has 0 amide bonds. The molecule has 0 N–H and O–H groups in total. The molecular weight excluding hydrogens is 200 g/mol. The van der Waals surface area contributed by atoms with Crippen molar-refractivity contribution in [3.8, 4) is 0 Å². The van der Waals surface area contributed by atoms with E-state index in [1.165, 1.54) is 4.68 Å². The highest BCUT2D eigenvalue weighted by Crippen LogP contribution is 2.17. The minimum absolute atomic E-state index is 0.0332. The van der Waals surface area contributed by atoms with Gasteiger partial charge in [-0.15, -0.1) is 0 Å². The Labute approximate surface area is 75.6 Å². The van der Waals surface area contributed by atoms with Crippen LogP contribution in [0.1, 0.15) is 12.5 Å². The van der Waals surface area contributed by atoms with Gasteiger partial charge in [0, 0.05) is 29.5 Å². The van der Waals surface area contributed by atoms with E-state index in [-0.39, 0.29) is 5.03 Å². The average molecular weight is 209 g/mol. The molecule has 0 unspecified atom stereocenters. The number of nitrogens with zero attached hydrogens (tertiary/aromatic N) is 2. The number of aryl methyl sites for hydroxylation is 2. The molecule has 0 aliphatic heterocycles. The lowest BCUT2D eigenvalue weighted by molar-refractivity contribution is 0.600. The molecule has 0 bridgehead atoms. The minimum Gasteiger partial charge on any atom is -0.274 e. The van der Waals surface area contributed by atoms with Crippen molar-refractivity contribution in [1.82, 2.24) is 9.78 Å². The van der Waals surface area contributed by atoms with Crippen LogP contribution in [-0.2, 0) is 22.5 Å². The summed E-state index contributed by atoms with van der Waals surface area (Å²) < 4.78 is 23.3. The first-order valence-corrected chi connectivity index (χ1v) is 5.73. The van der Waals surface area contributed by atoms with Crippen molar-refractivity contribution in [2.75, 3.05) is 0 Å². The van der Waals surface area contributed by atoms with Crippen LogP contribution in [-0.4, -0.2) is 18.2 Å². The van der Waals surface area contributed by atoms with Crippen molar-refractivity contribution < 1.29 is 8.42 Å². The number of rotatable bonds is 2. The predicted octanol–water partition coefficient (Wildman–Crippen LogP) is 0.910. The van der Waals surface area contributed by atoms with E-state index < -0.39 is 9.05 Å². The summed E-state index contributed by atoms with van der Waals surface area (Å²) in [5.41, 5.74) is 0.646. The second-order valence-electron chi connectivity index (χ2n) is 2.42. The molecular formula is C6H9ClN2O2S. The van der Waals surface area contributed by atoms with Crippen LogP contribution < -0.4 is 0 Å². The first kappa shape index (κ1) is 9.54. The topological polar surface area (TPSA) is 52.0 Å². The summed E-state index contributed by atoms with van der Waals surface area (Å²) in [6.45, 7) is 1.85. The highest BCUT2D eigenvalue weighted by atomic mass is 35.7. The molecule has 6 heteroatoms. The molecule has 4 nitrogen and oxygen atoms in total. The number of aromatic nitrogens is 2. The van der Waals surface area contributed by atoms with Gasteiger partial charge < -0.3 is 0 Å². The Morgan fingerprint density at radius 1 is 1.67 bits per heavy atom. The molecule has 0 spiro atoms. The van der Waals surface area contributed by atoms with Gasteiger partial charge in [-0.25, -0.2) is 8.42 Å². The van der Waals surface area contributed by atoms with Crippen molar-refractivity contribution in [1.29, 1.82) is 0 Å². The number of hydrogen-bond acceptors (Lipinski definition) is 3. The van der Waals surface area contributed by atoms with Gasteiger partial charge in [-0.2, -0.15) is 5.10 Å². The molecule has 1 heterocycles. The first-order chi connectivity index (χ1) is 5.45. The van der Waals surface area contributed by atoms with Gasteiger partial charge in [0.2, 0.25) is 0 Å². The van der Waals surface area contributed by atoms with Crippen LogP contribution in [0.2, 0.25) is 0 Å². The van der Waals surface area contributed by atoms with Crippen LogP contribution >= 0.6 is 10.7 Å². The summed E-state index contributed by atoms with van der Waals surface area (Å²) in [4.78, 5) is 0. The van der Waals surface area contributed by atoms with Gasteiger partial charge in [0.05, 0.1) is 0 Å². The zero-order chi connectivity index (χ0) is 9.35. The molecule has 0 fully saturated rings. The fraction of sp³-hybridized carbons (Fsp3) is 0.500. The van der Waals surface area contributed by atoms with Gasteiger partial charge in [0.25, 0.3) is 9.05 Å². The monoisotopic (exact) mass is 208 g/mol. The second kappa shape index (κ2) is 3.06. The molecule has 0 aliphatic rings. The maximum Gasteiger partial charge on any atom is 0.280 e. The second-order valence-corrected chi connectivity index (χ2v) is 4.91. The van der Waals surface area contributed by atoms with E-state index >= 15 is 0 Å². The van der Waals surface area contributed by atoms with Crippen LogP contribution in [0.3, 0.4) is 0 Å². The largest absolute Gasteiger partial charge is 0.280 e. The molecule has 0 saturated heterocycles. The summed E-state index contributed by atoms with van der Waals surface area (Å²) >= 11 is 0. The van der Waals surface area contributed by atoms with E-state index in [0.717, 1.165) is 0 Å². The quantitative estimate of drug-likeness (QED) is 0.679. The lowest BCUT2D eigenvalue weighted by atomic mass is 10.3. The van der Waals surface area contributed by atoms with Gasteiger partial charge in [0.15, 0.2) is 5.03 Å².